The van der Waals surface area contributed by atoms with E-state index in [1.165, 1.54) is 0 Å². The molecule has 106 valence electrons. The topological polar surface area (TPSA) is 78.9 Å². The van der Waals surface area contributed by atoms with E-state index in [-0.39, 0.29) is 0 Å². The molecule has 1 aliphatic heterocycles. The maximum atomic E-state index is 5.95. The van der Waals surface area contributed by atoms with E-state index in [9.17, 15) is 0 Å². The van der Waals surface area contributed by atoms with Crippen molar-refractivity contribution in [2.24, 2.45) is 0 Å². The number of anilines is 1. The van der Waals surface area contributed by atoms with Crippen LogP contribution >= 0.6 is 0 Å². The Labute approximate surface area is 117 Å². The molecule has 0 aliphatic carbocycles. The Hall–Kier alpha value is -1.95. The maximum absolute atomic E-state index is 5.95. The van der Waals surface area contributed by atoms with Gasteiger partial charge < -0.3 is 10.5 Å². The predicted molar refractivity (Wildman–Crippen MR) is 76.0 cm³/mol. The van der Waals surface area contributed by atoms with Crippen LogP contribution < -0.4 is 5.73 Å². The molecule has 6 heteroatoms. The van der Waals surface area contributed by atoms with Crippen LogP contribution in [0.25, 0.3) is 11.4 Å². The van der Waals surface area contributed by atoms with E-state index in [0.717, 1.165) is 55.1 Å². The van der Waals surface area contributed by atoms with Crippen molar-refractivity contribution >= 4 is 5.69 Å². The molecule has 2 heterocycles. The number of hydrogen-bond acceptors (Lipinski definition) is 5. The van der Waals surface area contributed by atoms with Gasteiger partial charge in [0.25, 0.3) is 0 Å². The van der Waals surface area contributed by atoms with E-state index in [1.807, 2.05) is 29.8 Å². The van der Waals surface area contributed by atoms with Crippen molar-refractivity contribution in [3.63, 3.8) is 0 Å². The Balaban J connectivity index is 1.80. The number of ether oxygens (including phenoxy) is 1. The Morgan fingerprint density at radius 2 is 2.35 bits per heavy atom. The molecule has 1 unspecified atom stereocenters. The molecule has 3 rings (SSSR count). The van der Waals surface area contributed by atoms with Crippen LogP contribution in [0, 0.1) is 6.92 Å². The molecule has 2 N–H and O–H groups in total. The number of nitrogens with zero attached hydrogens (tertiary/aromatic N) is 4. The van der Waals surface area contributed by atoms with Crippen LogP contribution in [-0.4, -0.2) is 32.9 Å². The second-order valence-corrected chi connectivity index (χ2v) is 5.17. The third-order valence-electron chi connectivity index (χ3n) is 3.84. The van der Waals surface area contributed by atoms with Crippen LogP contribution in [-0.2, 0) is 11.3 Å². The van der Waals surface area contributed by atoms with Gasteiger partial charge in [-0.05, 0) is 48.2 Å². The molecule has 0 amide bonds. The second-order valence-electron chi connectivity index (χ2n) is 5.17. The highest BCUT2D eigenvalue weighted by Gasteiger charge is 2.18. The van der Waals surface area contributed by atoms with Crippen LogP contribution in [0.3, 0.4) is 0 Å². The summed E-state index contributed by atoms with van der Waals surface area (Å²) in [6.45, 7) is 3.63. The van der Waals surface area contributed by atoms with Gasteiger partial charge in [0.05, 0.1) is 6.10 Å². The fraction of sp³-hybridized carbons (Fsp3) is 0.500. The number of nitrogens with two attached hydrogens (primary N) is 1. The van der Waals surface area contributed by atoms with Crippen molar-refractivity contribution in [3.8, 4) is 11.4 Å². The lowest BCUT2D eigenvalue weighted by Crippen LogP contribution is -2.12. The first-order chi connectivity index (χ1) is 9.75. The zero-order valence-electron chi connectivity index (χ0n) is 11.6. The molecule has 0 bridgehead atoms. The molecular weight excluding hydrogens is 254 g/mol. The van der Waals surface area contributed by atoms with Gasteiger partial charge >= 0.3 is 0 Å². The van der Waals surface area contributed by atoms with E-state index < -0.39 is 0 Å². The molecule has 2 aromatic rings. The Kier molecular flexibility index (Phi) is 3.64. The van der Waals surface area contributed by atoms with Gasteiger partial charge in [-0.1, -0.05) is 12.1 Å². The lowest BCUT2D eigenvalue weighted by Gasteiger charge is -2.11. The van der Waals surface area contributed by atoms with E-state index in [0.29, 0.717) is 6.10 Å². The molecule has 1 aliphatic rings. The van der Waals surface area contributed by atoms with Gasteiger partial charge in [0, 0.05) is 24.4 Å². The maximum Gasteiger partial charge on any atom is 0.182 e. The van der Waals surface area contributed by atoms with Crippen molar-refractivity contribution in [2.45, 2.75) is 38.8 Å². The SMILES string of the molecule is Cc1c(N)cccc1-c1nnnn1CCC1CCCO1. The first-order valence-electron chi connectivity index (χ1n) is 6.99. The first-order valence-corrected chi connectivity index (χ1v) is 6.99. The van der Waals surface area contributed by atoms with Gasteiger partial charge in [-0.3, -0.25) is 0 Å². The molecule has 1 fully saturated rings. The molecule has 20 heavy (non-hydrogen) atoms. The fourth-order valence-electron chi connectivity index (χ4n) is 2.58. The van der Waals surface area contributed by atoms with Crippen molar-refractivity contribution in [3.05, 3.63) is 23.8 Å². The third kappa shape index (κ3) is 2.51. The number of aryl methyl sites for hydroxylation is 1. The number of benzene rings is 1. The highest BCUT2D eigenvalue weighted by Crippen LogP contribution is 2.25. The van der Waals surface area contributed by atoms with Crippen LogP contribution in [0.5, 0.6) is 0 Å². The lowest BCUT2D eigenvalue weighted by molar-refractivity contribution is 0.0994. The van der Waals surface area contributed by atoms with E-state index in [2.05, 4.69) is 15.5 Å². The Bertz CT molecular complexity index is 589. The minimum Gasteiger partial charge on any atom is -0.398 e. The molecule has 1 aromatic heterocycles. The van der Waals surface area contributed by atoms with Crippen LogP contribution in [0.4, 0.5) is 5.69 Å². The summed E-state index contributed by atoms with van der Waals surface area (Å²) in [5, 5.41) is 12.0. The number of aromatic nitrogens is 4. The van der Waals surface area contributed by atoms with E-state index in [4.69, 9.17) is 10.5 Å². The summed E-state index contributed by atoms with van der Waals surface area (Å²) in [6, 6.07) is 5.82. The van der Waals surface area contributed by atoms with Crippen LogP contribution in [0.1, 0.15) is 24.8 Å². The number of nitrogen functional groups attached to an aromatic ring is 1. The Morgan fingerprint density at radius 3 is 3.15 bits per heavy atom. The summed E-state index contributed by atoms with van der Waals surface area (Å²) in [6.07, 6.45) is 3.57. The minimum atomic E-state index is 0.342. The normalized spacial score (nSPS) is 18.6. The first kappa shape index (κ1) is 13.1. The van der Waals surface area contributed by atoms with Gasteiger partial charge in [0.2, 0.25) is 0 Å². The molecule has 1 aromatic carbocycles. The van der Waals surface area contributed by atoms with Gasteiger partial charge in [-0.15, -0.1) is 5.10 Å². The Morgan fingerprint density at radius 1 is 1.45 bits per heavy atom. The summed E-state index contributed by atoms with van der Waals surface area (Å²) in [4.78, 5) is 0. The van der Waals surface area contributed by atoms with Gasteiger partial charge in [0.1, 0.15) is 0 Å². The molecule has 0 radical (unpaired) electrons. The average Bonchev–Trinajstić information content (AvgIpc) is 3.10. The molecule has 0 spiro atoms. The third-order valence-corrected chi connectivity index (χ3v) is 3.84. The smallest absolute Gasteiger partial charge is 0.182 e. The average molecular weight is 273 g/mol. The highest BCUT2D eigenvalue weighted by molar-refractivity contribution is 5.67. The highest BCUT2D eigenvalue weighted by atomic mass is 16.5. The summed E-state index contributed by atoms with van der Waals surface area (Å²) in [5.41, 5.74) is 8.72. The van der Waals surface area contributed by atoms with Gasteiger partial charge in [-0.2, -0.15) is 0 Å². The molecule has 0 saturated carbocycles. The van der Waals surface area contributed by atoms with Crippen LogP contribution in [0.15, 0.2) is 18.2 Å². The van der Waals surface area contributed by atoms with Crippen molar-refractivity contribution < 1.29 is 4.74 Å². The van der Waals surface area contributed by atoms with Gasteiger partial charge in [-0.25, -0.2) is 4.68 Å². The van der Waals surface area contributed by atoms with Crippen LogP contribution in [0.2, 0.25) is 0 Å². The van der Waals surface area contributed by atoms with Crippen molar-refractivity contribution in [2.75, 3.05) is 12.3 Å². The summed E-state index contributed by atoms with van der Waals surface area (Å²) < 4.78 is 7.47. The standard InChI is InChI=1S/C14H19N5O/c1-10-12(5-2-6-13(10)15)14-16-17-18-19(14)8-7-11-4-3-9-20-11/h2,5-6,11H,3-4,7-9,15H2,1H3. The minimum absolute atomic E-state index is 0.342. The quantitative estimate of drug-likeness (QED) is 0.859. The number of tetrazole rings is 1. The fourth-order valence-corrected chi connectivity index (χ4v) is 2.58. The second kappa shape index (κ2) is 5.58. The number of rotatable bonds is 4. The van der Waals surface area contributed by atoms with E-state index >= 15 is 0 Å². The number of hydrogen-bond donors (Lipinski definition) is 1. The largest absolute Gasteiger partial charge is 0.398 e. The molecule has 1 atom stereocenters. The summed E-state index contributed by atoms with van der Waals surface area (Å²) in [5.74, 6) is 0.771. The lowest BCUT2D eigenvalue weighted by atomic mass is 10.1. The monoisotopic (exact) mass is 273 g/mol. The predicted octanol–water partition coefficient (Wildman–Crippen LogP) is 1.80. The van der Waals surface area contributed by atoms with Gasteiger partial charge in [0.15, 0.2) is 5.82 Å². The summed E-state index contributed by atoms with van der Waals surface area (Å²) in [7, 11) is 0. The van der Waals surface area contributed by atoms with E-state index in [1.54, 1.807) is 0 Å². The zero-order valence-corrected chi connectivity index (χ0v) is 11.6. The van der Waals surface area contributed by atoms with Crippen molar-refractivity contribution in [1.29, 1.82) is 0 Å². The zero-order chi connectivity index (χ0) is 13.9. The van der Waals surface area contributed by atoms with Crippen molar-refractivity contribution in [1.82, 2.24) is 20.2 Å². The molecule has 1 saturated heterocycles. The molecule has 6 nitrogen and oxygen atoms in total. The molecular formula is C14H19N5O. The summed E-state index contributed by atoms with van der Waals surface area (Å²) >= 11 is 0.